The Labute approximate surface area is 132 Å². The first-order valence-electron chi connectivity index (χ1n) is 6.97. The standard InChI is InChI=1S/C16H17BrN2O2/c1-11-8-13(17)10-19-16(11)18-5-4-12-2-3-14-15(9-12)21-7-6-20-14/h2-3,8-10H,4-7H2,1H3,(H,18,19). The maximum Gasteiger partial charge on any atom is 0.161 e. The second kappa shape index (κ2) is 6.35. The first kappa shape index (κ1) is 14.2. The van der Waals surface area contributed by atoms with Crippen LogP contribution in [0.3, 0.4) is 0 Å². The molecule has 1 aromatic heterocycles. The van der Waals surface area contributed by atoms with E-state index in [1.165, 1.54) is 5.56 Å². The molecule has 0 fully saturated rings. The number of ether oxygens (including phenoxy) is 2. The minimum absolute atomic E-state index is 0.622. The molecule has 2 heterocycles. The number of nitrogens with one attached hydrogen (secondary N) is 1. The molecule has 0 atom stereocenters. The van der Waals surface area contributed by atoms with Crippen LogP contribution in [0, 0.1) is 6.92 Å². The summed E-state index contributed by atoms with van der Waals surface area (Å²) in [5, 5.41) is 3.36. The third-order valence-electron chi connectivity index (χ3n) is 3.36. The summed E-state index contributed by atoms with van der Waals surface area (Å²) in [5.74, 6) is 2.61. The second-order valence-corrected chi connectivity index (χ2v) is 5.89. The number of nitrogens with zero attached hydrogens (tertiary/aromatic N) is 1. The molecule has 0 saturated heterocycles. The molecule has 0 amide bonds. The van der Waals surface area contributed by atoms with Gasteiger partial charge in [-0.1, -0.05) is 6.07 Å². The van der Waals surface area contributed by atoms with Gasteiger partial charge in [-0.25, -0.2) is 4.98 Å². The van der Waals surface area contributed by atoms with E-state index < -0.39 is 0 Å². The fourth-order valence-corrected chi connectivity index (χ4v) is 2.74. The average Bonchev–Trinajstić information content (AvgIpc) is 2.49. The van der Waals surface area contributed by atoms with Crippen LogP contribution in [0.15, 0.2) is 34.9 Å². The maximum absolute atomic E-state index is 5.60. The summed E-state index contributed by atoms with van der Waals surface area (Å²) in [6, 6.07) is 8.17. The van der Waals surface area contributed by atoms with Gasteiger partial charge in [-0.2, -0.15) is 0 Å². The lowest BCUT2D eigenvalue weighted by Gasteiger charge is -2.19. The highest BCUT2D eigenvalue weighted by atomic mass is 79.9. The Morgan fingerprint density at radius 3 is 2.81 bits per heavy atom. The van der Waals surface area contributed by atoms with Crippen LogP contribution in [0.4, 0.5) is 5.82 Å². The highest BCUT2D eigenvalue weighted by molar-refractivity contribution is 9.10. The molecular weight excluding hydrogens is 332 g/mol. The van der Waals surface area contributed by atoms with Crippen molar-refractivity contribution in [2.75, 3.05) is 25.1 Å². The number of hydrogen-bond donors (Lipinski definition) is 1. The number of pyridine rings is 1. The van der Waals surface area contributed by atoms with Gasteiger partial charge >= 0.3 is 0 Å². The van der Waals surface area contributed by atoms with Crippen LogP contribution in [0.1, 0.15) is 11.1 Å². The van der Waals surface area contributed by atoms with Crippen molar-refractivity contribution in [3.05, 3.63) is 46.1 Å². The fourth-order valence-electron chi connectivity index (χ4n) is 2.29. The maximum atomic E-state index is 5.60. The van der Waals surface area contributed by atoms with Crippen molar-refractivity contribution in [3.63, 3.8) is 0 Å². The number of benzene rings is 1. The van der Waals surface area contributed by atoms with Gasteiger partial charge in [0.15, 0.2) is 11.5 Å². The molecule has 3 rings (SSSR count). The molecule has 0 bridgehead atoms. The van der Waals surface area contributed by atoms with Gasteiger partial charge in [-0.15, -0.1) is 0 Å². The van der Waals surface area contributed by atoms with Crippen molar-refractivity contribution in [3.8, 4) is 11.5 Å². The first-order valence-corrected chi connectivity index (χ1v) is 7.76. The van der Waals surface area contributed by atoms with Crippen LogP contribution < -0.4 is 14.8 Å². The predicted octanol–water partition coefficient (Wildman–Crippen LogP) is 3.58. The number of halogens is 1. The zero-order valence-electron chi connectivity index (χ0n) is 11.9. The van der Waals surface area contributed by atoms with Crippen molar-refractivity contribution in [2.45, 2.75) is 13.3 Å². The van der Waals surface area contributed by atoms with Crippen LogP contribution in [-0.2, 0) is 6.42 Å². The van der Waals surface area contributed by atoms with Crippen molar-refractivity contribution in [2.24, 2.45) is 0 Å². The van der Waals surface area contributed by atoms with E-state index in [1.807, 2.05) is 13.0 Å². The Kier molecular flexibility index (Phi) is 4.29. The van der Waals surface area contributed by atoms with E-state index in [0.29, 0.717) is 13.2 Å². The summed E-state index contributed by atoms with van der Waals surface area (Å²) >= 11 is 3.42. The third kappa shape index (κ3) is 3.47. The normalized spacial score (nSPS) is 13.0. The summed E-state index contributed by atoms with van der Waals surface area (Å²) in [5.41, 5.74) is 2.35. The molecule has 4 nitrogen and oxygen atoms in total. The average molecular weight is 349 g/mol. The lowest BCUT2D eigenvalue weighted by Crippen LogP contribution is -2.15. The molecule has 2 aromatic rings. The van der Waals surface area contributed by atoms with Crippen molar-refractivity contribution in [1.29, 1.82) is 0 Å². The minimum atomic E-state index is 0.622. The van der Waals surface area contributed by atoms with Gasteiger partial charge in [0.05, 0.1) is 0 Å². The molecule has 1 aliphatic rings. The highest BCUT2D eigenvalue weighted by Crippen LogP contribution is 2.30. The Morgan fingerprint density at radius 2 is 2.00 bits per heavy atom. The van der Waals surface area contributed by atoms with Gasteiger partial charge < -0.3 is 14.8 Å². The van der Waals surface area contributed by atoms with Crippen molar-refractivity contribution < 1.29 is 9.47 Å². The topological polar surface area (TPSA) is 43.4 Å². The minimum Gasteiger partial charge on any atom is -0.486 e. The van der Waals surface area contributed by atoms with Crippen LogP contribution in [0.25, 0.3) is 0 Å². The predicted molar refractivity (Wildman–Crippen MR) is 86.3 cm³/mol. The van der Waals surface area contributed by atoms with Crippen LogP contribution in [-0.4, -0.2) is 24.7 Å². The summed E-state index contributed by atoms with van der Waals surface area (Å²) in [7, 11) is 0. The molecule has 0 spiro atoms. The SMILES string of the molecule is Cc1cc(Br)cnc1NCCc1ccc2c(c1)OCCO2. The number of anilines is 1. The lowest BCUT2D eigenvalue weighted by molar-refractivity contribution is 0.171. The Bertz CT molecular complexity index is 646. The van der Waals surface area contributed by atoms with Gasteiger partial charge in [0, 0.05) is 17.2 Å². The van der Waals surface area contributed by atoms with E-state index in [4.69, 9.17) is 9.47 Å². The molecule has 1 N–H and O–H groups in total. The lowest BCUT2D eigenvalue weighted by atomic mass is 10.1. The van der Waals surface area contributed by atoms with Gasteiger partial charge in [0.2, 0.25) is 0 Å². The van der Waals surface area contributed by atoms with Gasteiger partial charge in [-0.05, 0) is 58.6 Å². The quantitative estimate of drug-likeness (QED) is 0.916. The molecule has 0 unspecified atom stereocenters. The largest absolute Gasteiger partial charge is 0.486 e. The molecule has 0 aliphatic carbocycles. The van der Waals surface area contributed by atoms with Gasteiger partial charge in [0.1, 0.15) is 19.0 Å². The van der Waals surface area contributed by atoms with E-state index in [2.05, 4.69) is 44.4 Å². The Hall–Kier alpha value is -1.75. The fraction of sp³-hybridized carbons (Fsp3) is 0.312. The Morgan fingerprint density at radius 1 is 1.19 bits per heavy atom. The highest BCUT2D eigenvalue weighted by Gasteiger charge is 2.11. The van der Waals surface area contributed by atoms with E-state index in [1.54, 1.807) is 6.20 Å². The monoisotopic (exact) mass is 348 g/mol. The molecule has 21 heavy (non-hydrogen) atoms. The summed E-state index contributed by atoms with van der Waals surface area (Å²) in [6.07, 6.45) is 2.72. The molecule has 5 heteroatoms. The molecule has 0 saturated carbocycles. The van der Waals surface area contributed by atoms with E-state index in [9.17, 15) is 0 Å². The molecule has 110 valence electrons. The van der Waals surface area contributed by atoms with Crippen molar-refractivity contribution >= 4 is 21.7 Å². The third-order valence-corrected chi connectivity index (χ3v) is 3.79. The second-order valence-electron chi connectivity index (χ2n) is 4.97. The molecular formula is C16H17BrN2O2. The zero-order chi connectivity index (χ0) is 14.7. The smallest absolute Gasteiger partial charge is 0.161 e. The number of hydrogen-bond acceptors (Lipinski definition) is 4. The summed E-state index contributed by atoms with van der Waals surface area (Å²) in [6.45, 7) is 4.12. The summed E-state index contributed by atoms with van der Waals surface area (Å²) in [4.78, 5) is 4.38. The first-order chi connectivity index (χ1) is 10.2. The van der Waals surface area contributed by atoms with E-state index in [0.717, 1.165) is 40.3 Å². The number of aromatic nitrogens is 1. The Balaban J connectivity index is 1.60. The molecule has 0 radical (unpaired) electrons. The van der Waals surface area contributed by atoms with Crippen LogP contribution in [0.2, 0.25) is 0 Å². The number of aryl methyl sites for hydroxylation is 1. The van der Waals surface area contributed by atoms with E-state index in [-0.39, 0.29) is 0 Å². The van der Waals surface area contributed by atoms with Crippen molar-refractivity contribution in [1.82, 2.24) is 4.98 Å². The molecule has 1 aromatic carbocycles. The molecule has 1 aliphatic heterocycles. The number of fused-ring (bicyclic) bond motifs is 1. The van der Waals surface area contributed by atoms with E-state index >= 15 is 0 Å². The zero-order valence-corrected chi connectivity index (χ0v) is 13.4. The van der Waals surface area contributed by atoms with Crippen LogP contribution in [0.5, 0.6) is 11.5 Å². The summed E-state index contributed by atoms with van der Waals surface area (Å²) < 4.78 is 12.1. The van der Waals surface area contributed by atoms with Crippen LogP contribution >= 0.6 is 15.9 Å². The number of rotatable bonds is 4. The van der Waals surface area contributed by atoms with Gasteiger partial charge in [-0.3, -0.25) is 0 Å². The van der Waals surface area contributed by atoms with Gasteiger partial charge in [0.25, 0.3) is 0 Å².